The number of nitro groups is 1. The van der Waals surface area contributed by atoms with Crippen molar-refractivity contribution in [2.24, 2.45) is 0 Å². The van der Waals surface area contributed by atoms with E-state index in [2.05, 4.69) is 4.18 Å². The van der Waals surface area contributed by atoms with Crippen LogP contribution in [0.25, 0.3) is 0 Å². The Kier molecular flexibility index (Phi) is 6.72. The lowest BCUT2D eigenvalue weighted by Crippen LogP contribution is -2.18. The van der Waals surface area contributed by atoms with Crippen molar-refractivity contribution in [2.45, 2.75) is 12.8 Å². The minimum absolute atomic E-state index is 0.267. The molecule has 2 aromatic rings. The Morgan fingerprint density at radius 2 is 1.85 bits per heavy atom. The van der Waals surface area contributed by atoms with Crippen molar-refractivity contribution < 1.29 is 31.4 Å². The molecule has 0 spiro atoms. The van der Waals surface area contributed by atoms with Crippen LogP contribution < -0.4 is 4.74 Å². The van der Waals surface area contributed by atoms with Gasteiger partial charge in [0.05, 0.1) is 18.1 Å². The van der Waals surface area contributed by atoms with Gasteiger partial charge in [0.25, 0.3) is 0 Å². The summed E-state index contributed by atoms with van der Waals surface area (Å²) in [5, 5.41) is 11.0. The smallest absolute Gasteiger partial charge is 0.314 e. The van der Waals surface area contributed by atoms with Crippen molar-refractivity contribution in [1.29, 1.82) is 0 Å². The van der Waals surface area contributed by atoms with Gasteiger partial charge in [0, 0.05) is 12.0 Å². The van der Waals surface area contributed by atoms with Gasteiger partial charge < -0.3 is 4.74 Å². The summed E-state index contributed by atoms with van der Waals surface area (Å²) in [6.07, 6.45) is 0. The van der Waals surface area contributed by atoms with Gasteiger partial charge in [-0.25, -0.2) is 4.39 Å². The number of ether oxygens (including phenoxy) is 1. The molecular formula is C16H15F2NO6S. The molecule has 2 aromatic carbocycles. The number of nitro benzene ring substituents is 1. The van der Waals surface area contributed by atoms with Crippen LogP contribution in [0.1, 0.15) is 17.0 Å². The number of nitrogens with zero attached hydrogens (tertiary/aromatic N) is 1. The quantitative estimate of drug-likeness (QED) is 0.423. The van der Waals surface area contributed by atoms with Crippen molar-refractivity contribution in [2.75, 3.05) is 13.2 Å². The van der Waals surface area contributed by atoms with Crippen molar-refractivity contribution in [3.63, 3.8) is 0 Å². The highest BCUT2D eigenvalue weighted by molar-refractivity contribution is 7.74. The van der Waals surface area contributed by atoms with E-state index in [4.69, 9.17) is 9.29 Å². The summed E-state index contributed by atoms with van der Waals surface area (Å²) in [6.45, 7) is 1.26. The lowest BCUT2D eigenvalue weighted by molar-refractivity contribution is -0.386. The van der Waals surface area contributed by atoms with Crippen LogP contribution >= 0.6 is 0 Å². The number of hydrogen-bond acceptors (Lipinski definition) is 5. The van der Waals surface area contributed by atoms with Crippen LogP contribution in [-0.2, 0) is 15.5 Å². The van der Waals surface area contributed by atoms with Gasteiger partial charge in [0.2, 0.25) is 11.6 Å². The van der Waals surface area contributed by atoms with Crippen LogP contribution in [0.5, 0.6) is 5.75 Å². The molecule has 0 heterocycles. The molecule has 140 valence electrons. The first-order chi connectivity index (χ1) is 12.3. The van der Waals surface area contributed by atoms with Gasteiger partial charge in [0.1, 0.15) is 0 Å². The molecule has 0 radical (unpaired) electrons. The average molecular weight is 387 g/mol. The Bertz CT molecular complexity index is 815. The van der Waals surface area contributed by atoms with Crippen LogP contribution in [0, 0.1) is 28.7 Å². The van der Waals surface area contributed by atoms with Crippen molar-refractivity contribution in [3.8, 4) is 5.75 Å². The third-order valence-corrected chi connectivity index (χ3v) is 3.91. The lowest BCUT2D eigenvalue weighted by atomic mass is 10.00. The van der Waals surface area contributed by atoms with Gasteiger partial charge in [-0.1, -0.05) is 29.8 Å². The van der Waals surface area contributed by atoms with E-state index in [1.807, 2.05) is 6.92 Å². The Balaban J connectivity index is 2.26. The summed E-state index contributed by atoms with van der Waals surface area (Å²) >= 11 is -2.53. The second-order valence-electron chi connectivity index (χ2n) is 5.39. The zero-order valence-corrected chi connectivity index (χ0v) is 14.4. The Labute approximate surface area is 150 Å². The molecule has 10 heteroatoms. The molecule has 0 bridgehead atoms. The third-order valence-electron chi connectivity index (χ3n) is 3.57. The van der Waals surface area contributed by atoms with E-state index >= 15 is 0 Å². The lowest BCUT2D eigenvalue weighted by Gasteiger charge is -2.18. The van der Waals surface area contributed by atoms with E-state index < -0.39 is 45.3 Å². The first-order valence-corrected chi connectivity index (χ1v) is 8.38. The topological polar surface area (TPSA) is 98.9 Å². The normalized spacial score (nSPS) is 13.2. The van der Waals surface area contributed by atoms with Crippen molar-refractivity contribution in [1.82, 2.24) is 0 Å². The van der Waals surface area contributed by atoms with E-state index in [9.17, 15) is 23.1 Å². The molecule has 2 atom stereocenters. The summed E-state index contributed by atoms with van der Waals surface area (Å²) in [7, 11) is 0. The number of rotatable bonds is 8. The zero-order valence-electron chi connectivity index (χ0n) is 13.6. The number of halogens is 2. The fourth-order valence-electron chi connectivity index (χ4n) is 2.21. The summed E-state index contributed by atoms with van der Waals surface area (Å²) < 4.78 is 56.7. The molecule has 0 aliphatic carbocycles. The SMILES string of the molecule is Cc1ccc(C(COc2c([N+](=O)[O-])ccc(F)c2F)COS(=O)O)cc1. The Morgan fingerprint density at radius 1 is 1.19 bits per heavy atom. The molecular weight excluding hydrogens is 372 g/mol. The predicted molar refractivity (Wildman–Crippen MR) is 89.2 cm³/mol. The Hall–Kier alpha value is -2.43. The third kappa shape index (κ3) is 5.04. The fourth-order valence-corrected chi connectivity index (χ4v) is 2.49. The largest absolute Gasteiger partial charge is 0.484 e. The highest BCUT2D eigenvalue weighted by atomic mass is 32.2. The van der Waals surface area contributed by atoms with Crippen LogP contribution in [0.4, 0.5) is 14.5 Å². The van der Waals surface area contributed by atoms with Crippen LogP contribution in [0.3, 0.4) is 0 Å². The first kappa shape index (κ1) is 19.9. The van der Waals surface area contributed by atoms with Gasteiger partial charge in [-0.2, -0.15) is 8.60 Å². The van der Waals surface area contributed by atoms with E-state index in [0.29, 0.717) is 11.6 Å². The first-order valence-electron chi connectivity index (χ1n) is 7.35. The molecule has 2 rings (SSSR count). The maximum Gasteiger partial charge on any atom is 0.314 e. The van der Waals surface area contributed by atoms with Gasteiger partial charge in [-0.3, -0.25) is 18.9 Å². The Morgan fingerprint density at radius 3 is 2.42 bits per heavy atom. The summed E-state index contributed by atoms with van der Waals surface area (Å²) in [5.74, 6) is -4.25. The van der Waals surface area contributed by atoms with Crippen molar-refractivity contribution >= 4 is 17.0 Å². The minimum Gasteiger partial charge on any atom is -0.484 e. The highest BCUT2D eigenvalue weighted by Gasteiger charge is 2.25. The van der Waals surface area contributed by atoms with Gasteiger partial charge >= 0.3 is 17.0 Å². The monoisotopic (exact) mass is 387 g/mol. The summed E-state index contributed by atoms with van der Waals surface area (Å²) in [5.41, 5.74) is 0.880. The summed E-state index contributed by atoms with van der Waals surface area (Å²) in [6, 6.07) is 8.42. The average Bonchev–Trinajstić information content (AvgIpc) is 2.59. The molecule has 0 saturated heterocycles. The predicted octanol–water partition coefficient (Wildman–Crippen LogP) is 3.50. The number of benzene rings is 2. The van der Waals surface area contributed by atoms with Gasteiger partial charge in [-0.05, 0) is 18.6 Å². The molecule has 0 aliphatic rings. The molecule has 7 nitrogen and oxygen atoms in total. The summed E-state index contributed by atoms with van der Waals surface area (Å²) in [4.78, 5) is 10.1. The van der Waals surface area contributed by atoms with E-state index in [1.54, 1.807) is 24.3 Å². The van der Waals surface area contributed by atoms with E-state index in [-0.39, 0.29) is 13.2 Å². The van der Waals surface area contributed by atoms with E-state index in [0.717, 1.165) is 11.6 Å². The molecule has 26 heavy (non-hydrogen) atoms. The maximum absolute atomic E-state index is 13.9. The van der Waals surface area contributed by atoms with Gasteiger partial charge in [0.15, 0.2) is 5.82 Å². The molecule has 2 unspecified atom stereocenters. The second kappa shape index (κ2) is 8.79. The second-order valence-corrected chi connectivity index (χ2v) is 6.06. The molecule has 0 fully saturated rings. The van der Waals surface area contributed by atoms with Crippen LogP contribution in [-0.4, -0.2) is 26.9 Å². The van der Waals surface area contributed by atoms with Gasteiger partial charge in [-0.15, -0.1) is 0 Å². The highest BCUT2D eigenvalue weighted by Crippen LogP contribution is 2.32. The number of aryl methyl sites for hydroxylation is 1. The molecule has 0 aliphatic heterocycles. The number of hydrogen-bond donors (Lipinski definition) is 1. The molecule has 0 saturated carbocycles. The minimum atomic E-state index is -2.53. The van der Waals surface area contributed by atoms with Crippen molar-refractivity contribution in [3.05, 3.63) is 69.3 Å². The molecule has 0 amide bonds. The zero-order chi connectivity index (χ0) is 19.3. The maximum atomic E-state index is 13.9. The van der Waals surface area contributed by atoms with Crippen LogP contribution in [0.15, 0.2) is 36.4 Å². The van der Waals surface area contributed by atoms with Crippen LogP contribution in [0.2, 0.25) is 0 Å². The standard InChI is InChI=1S/C16H15F2NO6S/c1-10-2-4-11(5-3-10)12(9-25-26(22)23)8-24-16-14(19(20)21)7-6-13(17)15(16)18/h2-7,12H,8-9H2,1H3,(H,22,23). The molecule has 1 N–H and O–H groups in total. The fraction of sp³-hybridized carbons (Fsp3) is 0.250. The van der Waals surface area contributed by atoms with E-state index in [1.165, 1.54) is 0 Å². The molecule has 0 aromatic heterocycles.